The molecule has 3 atom stereocenters. The van der Waals surface area contributed by atoms with Crippen LogP contribution in [0.15, 0.2) is 36.4 Å². The van der Waals surface area contributed by atoms with Crippen LogP contribution in [0, 0.1) is 5.82 Å². The molecule has 0 spiro atoms. The summed E-state index contributed by atoms with van der Waals surface area (Å²) in [6.07, 6.45) is -5.81. The van der Waals surface area contributed by atoms with Crippen molar-refractivity contribution < 1.29 is 33.7 Å². The van der Waals surface area contributed by atoms with E-state index in [2.05, 4.69) is 4.90 Å². The van der Waals surface area contributed by atoms with E-state index >= 15 is 0 Å². The van der Waals surface area contributed by atoms with Crippen molar-refractivity contribution in [1.82, 2.24) is 15.1 Å². The molecule has 8 nitrogen and oxygen atoms in total. The molecule has 3 amide bonds. The first-order chi connectivity index (χ1) is 18.8. The Morgan fingerprint density at radius 1 is 1.17 bits per heavy atom. The zero-order valence-corrected chi connectivity index (χ0v) is 20.0. The molecule has 2 aromatic rings. The van der Waals surface area contributed by atoms with Crippen LogP contribution in [0.3, 0.4) is 0 Å². The summed E-state index contributed by atoms with van der Waals surface area (Å²) in [6, 6.07) is 7.71. The van der Waals surface area contributed by atoms with E-state index in [0.29, 0.717) is 17.7 Å². The van der Waals surface area contributed by atoms with E-state index in [1.165, 1.54) is 12.1 Å². The zero-order valence-electron chi connectivity index (χ0n) is 24.0. The Balaban J connectivity index is 1.30. The van der Waals surface area contributed by atoms with E-state index in [1.54, 1.807) is 18.2 Å². The highest BCUT2D eigenvalue weighted by Gasteiger charge is 2.40. The number of imide groups is 1. The smallest absolute Gasteiger partial charge is 0.255 e. The minimum atomic E-state index is -3.04. The van der Waals surface area contributed by atoms with Gasteiger partial charge in [0.25, 0.3) is 5.91 Å². The number of hydrogen-bond donors (Lipinski definition) is 1. The van der Waals surface area contributed by atoms with Crippen LogP contribution in [0.4, 0.5) is 4.39 Å². The second-order valence-corrected chi connectivity index (χ2v) is 9.37. The quantitative estimate of drug-likeness (QED) is 0.615. The van der Waals surface area contributed by atoms with E-state index in [9.17, 15) is 18.8 Å². The van der Waals surface area contributed by atoms with Gasteiger partial charge in [-0.05, 0) is 44.0 Å². The third-order valence-corrected chi connectivity index (χ3v) is 6.47. The number of ether oxygens (including phenoxy) is 2. The number of carbonyl (C=O) groups excluding carboxylic acids is 3. The number of morpholine rings is 1. The Kier molecular flexibility index (Phi) is 5.50. The molecule has 2 saturated heterocycles. The average Bonchev–Trinajstić information content (AvgIpc) is 3.18. The number of halogens is 1. The van der Waals surface area contributed by atoms with Crippen LogP contribution < -0.4 is 10.1 Å². The van der Waals surface area contributed by atoms with Gasteiger partial charge in [-0.1, -0.05) is 18.2 Å². The number of amides is 3. The van der Waals surface area contributed by atoms with Gasteiger partial charge in [0.05, 0.1) is 18.8 Å². The van der Waals surface area contributed by atoms with E-state index in [-0.39, 0.29) is 36.7 Å². The lowest BCUT2D eigenvalue weighted by Gasteiger charge is -2.35. The molecule has 3 aliphatic heterocycles. The molecular weight excluding hydrogens is 465 g/mol. The fourth-order valence-electron chi connectivity index (χ4n) is 4.93. The lowest BCUT2D eigenvalue weighted by atomic mass is 10.0. The van der Waals surface area contributed by atoms with Crippen molar-refractivity contribution in [2.45, 2.75) is 64.5 Å². The molecule has 0 radical (unpaired) electrons. The minimum absolute atomic E-state index is 0.104. The Bertz CT molecular complexity index is 1360. The summed E-state index contributed by atoms with van der Waals surface area (Å²) in [4.78, 5) is 40.8. The summed E-state index contributed by atoms with van der Waals surface area (Å²) < 4.78 is 58.9. The van der Waals surface area contributed by atoms with Gasteiger partial charge < -0.3 is 14.4 Å². The molecule has 0 bridgehead atoms. The Morgan fingerprint density at radius 2 is 1.94 bits per heavy atom. The van der Waals surface area contributed by atoms with Crippen molar-refractivity contribution in [2.75, 3.05) is 13.1 Å². The number of nitrogens with zero attached hydrogens (tertiary/aromatic N) is 2. The predicted octanol–water partition coefficient (Wildman–Crippen LogP) is 2.77. The van der Waals surface area contributed by atoms with Gasteiger partial charge in [-0.15, -0.1) is 0 Å². The summed E-state index contributed by atoms with van der Waals surface area (Å²) in [5.41, 5.74) is 1.65. The maximum absolute atomic E-state index is 15.0. The van der Waals surface area contributed by atoms with Gasteiger partial charge in [-0.2, -0.15) is 0 Å². The topological polar surface area (TPSA) is 88.2 Å². The van der Waals surface area contributed by atoms with Gasteiger partial charge >= 0.3 is 0 Å². The summed E-state index contributed by atoms with van der Waals surface area (Å²) in [5, 5.41) is 1.83. The van der Waals surface area contributed by atoms with Crippen LogP contribution in [0.5, 0.6) is 5.75 Å². The largest absolute Gasteiger partial charge is 0.488 e. The predicted molar refractivity (Wildman–Crippen MR) is 129 cm³/mol. The van der Waals surface area contributed by atoms with Crippen molar-refractivity contribution in [1.29, 1.82) is 0 Å². The second kappa shape index (κ2) is 9.99. The number of rotatable bonds is 6. The summed E-state index contributed by atoms with van der Waals surface area (Å²) in [7, 11) is 0. The van der Waals surface area contributed by atoms with Gasteiger partial charge in [-0.3, -0.25) is 24.6 Å². The molecule has 0 aliphatic carbocycles. The molecular formula is C27H30FN3O5. The van der Waals surface area contributed by atoms with E-state index in [4.69, 9.17) is 15.0 Å². The van der Waals surface area contributed by atoms with Crippen LogP contribution in [-0.2, 0) is 34.0 Å². The molecule has 0 saturated carbocycles. The summed E-state index contributed by atoms with van der Waals surface area (Å²) in [5.74, 6) is -3.37. The lowest BCUT2D eigenvalue weighted by Crippen LogP contribution is -2.52. The number of fused-ring (bicyclic) bond motifs is 1. The zero-order chi connectivity index (χ0) is 29.0. The van der Waals surface area contributed by atoms with Crippen molar-refractivity contribution in [3.63, 3.8) is 0 Å². The molecule has 1 N–H and O–H groups in total. The van der Waals surface area contributed by atoms with Crippen LogP contribution in [0.2, 0.25) is 0 Å². The summed E-state index contributed by atoms with van der Waals surface area (Å²) >= 11 is 0. The standard InChI is InChI=1S/C27H30FN3O5/c1-16-11-30(12-17(2)36-16)13-18-6-7-19(22(28)10-18)15-35-24-5-3-4-20-21(24)14-31(27(20)34)23-8-9-25(32)29-26(23)33/h3-7,10,16-17,23H,8-9,11-15H2,1-2H3,(H,29,32,33)/i8D2,9D2. The highest BCUT2D eigenvalue weighted by atomic mass is 19.1. The summed E-state index contributed by atoms with van der Waals surface area (Å²) in [6.45, 7) is 5.75. The first-order valence-corrected chi connectivity index (χ1v) is 11.9. The Labute approximate surface area is 215 Å². The monoisotopic (exact) mass is 499 g/mol. The van der Waals surface area contributed by atoms with Crippen LogP contribution in [0.1, 0.15) is 59.1 Å². The Morgan fingerprint density at radius 3 is 2.69 bits per heavy atom. The lowest BCUT2D eigenvalue weighted by molar-refractivity contribution is -0.136. The SMILES string of the molecule is [2H]C1([2H])C(=O)NC(=O)C(N2Cc3c(OCc4ccc(CN5CC(C)OC(C)C5)cc4F)cccc3C2=O)C1([2H])[2H]. The second-order valence-electron chi connectivity index (χ2n) is 9.37. The molecule has 2 fully saturated rings. The third kappa shape index (κ3) is 4.99. The Hall–Kier alpha value is -3.30. The van der Waals surface area contributed by atoms with Crippen molar-refractivity contribution in [3.8, 4) is 5.75 Å². The minimum Gasteiger partial charge on any atom is -0.488 e. The number of hydrogen-bond acceptors (Lipinski definition) is 6. The highest BCUT2D eigenvalue weighted by molar-refractivity contribution is 6.05. The van der Waals surface area contributed by atoms with Gasteiger partial charge in [0, 0.05) is 48.2 Å². The molecule has 3 heterocycles. The first kappa shape index (κ1) is 19.8. The van der Waals surface area contributed by atoms with E-state index in [0.717, 1.165) is 23.6 Å². The molecule has 3 unspecified atom stereocenters. The van der Waals surface area contributed by atoms with Gasteiger partial charge in [-0.25, -0.2) is 4.39 Å². The number of nitrogens with one attached hydrogen (secondary N) is 1. The molecule has 5 rings (SSSR count). The fourth-order valence-corrected chi connectivity index (χ4v) is 4.93. The molecule has 9 heteroatoms. The van der Waals surface area contributed by atoms with Crippen molar-refractivity contribution >= 4 is 17.7 Å². The van der Waals surface area contributed by atoms with Gasteiger partial charge in [0.15, 0.2) is 0 Å². The molecule has 190 valence electrons. The number of carbonyl (C=O) groups is 3. The molecule has 0 aromatic heterocycles. The molecule has 2 aromatic carbocycles. The van der Waals surface area contributed by atoms with E-state index in [1.807, 2.05) is 25.2 Å². The maximum Gasteiger partial charge on any atom is 0.255 e. The highest BCUT2D eigenvalue weighted by Crippen LogP contribution is 2.34. The molecule has 36 heavy (non-hydrogen) atoms. The van der Waals surface area contributed by atoms with Crippen LogP contribution in [-0.4, -0.2) is 58.9 Å². The first-order valence-electron chi connectivity index (χ1n) is 13.9. The van der Waals surface area contributed by atoms with Crippen molar-refractivity contribution in [3.05, 3.63) is 64.5 Å². The number of benzene rings is 2. The van der Waals surface area contributed by atoms with Crippen molar-refractivity contribution in [2.24, 2.45) is 0 Å². The van der Waals surface area contributed by atoms with Crippen LogP contribution >= 0.6 is 0 Å². The fraction of sp³-hybridized carbons (Fsp3) is 0.444. The third-order valence-electron chi connectivity index (χ3n) is 6.47. The van der Waals surface area contributed by atoms with Gasteiger partial charge in [0.2, 0.25) is 11.8 Å². The van der Waals surface area contributed by atoms with Gasteiger partial charge in [0.1, 0.15) is 24.2 Å². The normalized spacial score (nSPS) is 29.0. The van der Waals surface area contributed by atoms with E-state index < -0.39 is 42.3 Å². The average molecular weight is 500 g/mol. The number of piperidine rings is 1. The molecule has 3 aliphatic rings. The maximum atomic E-state index is 15.0. The van der Waals surface area contributed by atoms with Crippen LogP contribution in [0.25, 0.3) is 0 Å².